The van der Waals surface area contributed by atoms with E-state index in [9.17, 15) is 4.79 Å². The first-order chi connectivity index (χ1) is 6.82. The van der Waals surface area contributed by atoms with Crippen LogP contribution in [0.2, 0.25) is 0 Å². The lowest BCUT2D eigenvalue weighted by atomic mass is 9.87. The molecule has 0 aromatic heterocycles. The van der Waals surface area contributed by atoms with E-state index < -0.39 is 6.04 Å². The summed E-state index contributed by atoms with van der Waals surface area (Å²) in [6.45, 7) is 7.83. The smallest absolute Gasteiger partial charge is 0.238 e. The van der Waals surface area contributed by atoms with Crippen LogP contribution in [-0.2, 0) is 4.79 Å². The van der Waals surface area contributed by atoms with Crippen LogP contribution in [0.25, 0.3) is 0 Å². The molecule has 1 unspecified atom stereocenters. The van der Waals surface area contributed by atoms with Crippen molar-refractivity contribution in [2.75, 3.05) is 0 Å². The van der Waals surface area contributed by atoms with Gasteiger partial charge in [-0.25, -0.2) is 0 Å². The molecule has 0 aliphatic rings. The van der Waals surface area contributed by atoms with Gasteiger partial charge in [0.05, 0.1) is 12.1 Å². The van der Waals surface area contributed by atoms with E-state index >= 15 is 0 Å². The fourth-order valence-corrected chi connectivity index (χ4v) is 1.14. The lowest BCUT2D eigenvalue weighted by Crippen LogP contribution is -2.51. The predicted molar refractivity (Wildman–Crippen MR) is 63.1 cm³/mol. The van der Waals surface area contributed by atoms with E-state index in [1.54, 1.807) is 0 Å². The summed E-state index contributed by atoms with van der Waals surface area (Å²) in [6, 6.07) is -0.721. The minimum atomic E-state index is -0.523. The van der Waals surface area contributed by atoms with Crippen molar-refractivity contribution < 1.29 is 4.79 Å². The molecule has 15 heavy (non-hydrogen) atoms. The van der Waals surface area contributed by atoms with E-state index in [4.69, 9.17) is 12.2 Å². The Kier molecular flexibility index (Phi) is 5.38. The molecule has 0 saturated heterocycles. The van der Waals surface area contributed by atoms with Gasteiger partial charge in [-0.2, -0.15) is 0 Å². The summed E-state index contributed by atoms with van der Waals surface area (Å²) in [7, 11) is 0. The van der Waals surface area contributed by atoms with Crippen LogP contribution in [0.3, 0.4) is 0 Å². The number of rotatable bonds is 4. The molecule has 0 aliphatic carbocycles. The Bertz CT molecular complexity index is 247. The maximum absolute atomic E-state index is 11.7. The summed E-state index contributed by atoms with van der Waals surface area (Å²) in [4.78, 5) is 11.7. The molecule has 0 saturated carbocycles. The first-order valence-corrected chi connectivity index (χ1v) is 5.35. The molecule has 0 radical (unpaired) electrons. The Labute approximate surface area is 92.8 Å². The third-order valence-electron chi connectivity index (χ3n) is 2.31. The van der Waals surface area contributed by atoms with Crippen molar-refractivity contribution in [2.24, 2.45) is 11.1 Å². The van der Waals surface area contributed by atoms with Crippen LogP contribution in [0, 0.1) is 17.8 Å². The van der Waals surface area contributed by atoms with Crippen LogP contribution in [-0.4, -0.2) is 18.0 Å². The molecule has 3 N–H and O–H groups in total. The average Bonchev–Trinajstić information content (AvgIpc) is 2.14. The van der Waals surface area contributed by atoms with Gasteiger partial charge < -0.3 is 11.1 Å². The molecule has 86 valence electrons. The quantitative estimate of drug-likeness (QED) is 0.687. The van der Waals surface area contributed by atoms with Gasteiger partial charge in [-0.15, -0.1) is 6.42 Å². The van der Waals surface area contributed by atoms with E-state index in [1.165, 1.54) is 0 Å². The summed E-state index contributed by atoms with van der Waals surface area (Å²) in [5.74, 6) is 2.39. The van der Waals surface area contributed by atoms with E-state index in [1.807, 2.05) is 27.7 Å². The zero-order valence-corrected chi connectivity index (χ0v) is 10.1. The molecule has 0 bridgehead atoms. The van der Waals surface area contributed by atoms with E-state index in [-0.39, 0.29) is 17.4 Å². The SMILES string of the molecule is C#CC(CCC)NC(=O)[C@@H](N)C(C)(C)C. The average molecular weight is 210 g/mol. The zero-order chi connectivity index (χ0) is 12.1. The van der Waals surface area contributed by atoms with Crippen LogP contribution in [0.4, 0.5) is 0 Å². The molecule has 2 atom stereocenters. The monoisotopic (exact) mass is 210 g/mol. The van der Waals surface area contributed by atoms with Gasteiger partial charge >= 0.3 is 0 Å². The molecule has 0 heterocycles. The van der Waals surface area contributed by atoms with Gasteiger partial charge in [0.2, 0.25) is 5.91 Å². The van der Waals surface area contributed by atoms with Crippen molar-refractivity contribution in [2.45, 2.75) is 52.6 Å². The van der Waals surface area contributed by atoms with Crippen molar-refractivity contribution in [1.29, 1.82) is 0 Å². The highest BCUT2D eigenvalue weighted by atomic mass is 16.2. The minimum Gasteiger partial charge on any atom is -0.341 e. The number of carbonyl (C=O) groups is 1. The number of amides is 1. The summed E-state index contributed by atoms with van der Waals surface area (Å²) in [6.07, 6.45) is 7.05. The molecule has 3 heteroatoms. The fourth-order valence-electron chi connectivity index (χ4n) is 1.14. The lowest BCUT2D eigenvalue weighted by molar-refractivity contribution is -0.124. The number of terminal acetylenes is 1. The molecule has 0 spiro atoms. The molecule has 0 aromatic rings. The normalized spacial score (nSPS) is 15.2. The predicted octanol–water partition coefficient (Wildman–Crippen LogP) is 1.28. The highest BCUT2D eigenvalue weighted by Gasteiger charge is 2.28. The van der Waals surface area contributed by atoms with Crippen LogP contribution in [0.1, 0.15) is 40.5 Å². The van der Waals surface area contributed by atoms with Crippen molar-refractivity contribution in [3.8, 4) is 12.3 Å². The van der Waals surface area contributed by atoms with Crippen molar-refractivity contribution in [3.63, 3.8) is 0 Å². The Morgan fingerprint density at radius 2 is 2.07 bits per heavy atom. The van der Waals surface area contributed by atoms with Crippen molar-refractivity contribution >= 4 is 5.91 Å². The topological polar surface area (TPSA) is 55.1 Å². The number of hydrogen-bond acceptors (Lipinski definition) is 2. The van der Waals surface area contributed by atoms with E-state index in [0.29, 0.717) is 0 Å². The number of hydrogen-bond donors (Lipinski definition) is 2. The highest BCUT2D eigenvalue weighted by Crippen LogP contribution is 2.17. The maximum Gasteiger partial charge on any atom is 0.238 e. The summed E-state index contributed by atoms with van der Waals surface area (Å²) < 4.78 is 0. The minimum absolute atomic E-state index is 0.168. The summed E-state index contributed by atoms with van der Waals surface area (Å²) in [5, 5.41) is 2.77. The number of carbonyl (C=O) groups excluding carboxylic acids is 1. The lowest BCUT2D eigenvalue weighted by Gasteiger charge is -2.27. The fraction of sp³-hybridized carbons (Fsp3) is 0.750. The highest BCUT2D eigenvalue weighted by molar-refractivity contribution is 5.82. The third-order valence-corrected chi connectivity index (χ3v) is 2.31. The molecule has 1 amide bonds. The van der Waals surface area contributed by atoms with Crippen LogP contribution < -0.4 is 11.1 Å². The van der Waals surface area contributed by atoms with Gasteiger partial charge in [0, 0.05) is 0 Å². The largest absolute Gasteiger partial charge is 0.341 e. The molecule has 0 rings (SSSR count). The molecular weight excluding hydrogens is 188 g/mol. The zero-order valence-electron chi connectivity index (χ0n) is 10.1. The van der Waals surface area contributed by atoms with Crippen molar-refractivity contribution in [3.05, 3.63) is 0 Å². The van der Waals surface area contributed by atoms with Crippen molar-refractivity contribution in [1.82, 2.24) is 5.32 Å². The van der Waals surface area contributed by atoms with Crippen LogP contribution in [0.5, 0.6) is 0 Å². The summed E-state index contributed by atoms with van der Waals surface area (Å²) in [5.41, 5.74) is 5.57. The van der Waals surface area contributed by atoms with Crippen LogP contribution >= 0.6 is 0 Å². The van der Waals surface area contributed by atoms with Gasteiger partial charge in [0.1, 0.15) is 0 Å². The maximum atomic E-state index is 11.7. The Morgan fingerprint density at radius 3 is 2.40 bits per heavy atom. The van der Waals surface area contributed by atoms with Gasteiger partial charge in [-0.1, -0.05) is 40.0 Å². The Morgan fingerprint density at radius 1 is 1.53 bits per heavy atom. The Hall–Kier alpha value is -1.01. The second kappa shape index (κ2) is 5.77. The second-order valence-corrected chi connectivity index (χ2v) is 4.86. The van der Waals surface area contributed by atoms with E-state index in [0.717, 1.165) is 12.8 Å². The van der Waals surface area contributed by atoms with Gasteiger partial charge in [0.15, 0.2) is 0 Å². The van der Waals surface area contributed by atoms with Gasteiger partial charge in [-0.05, 0) is 11.8 Å². The Balaban J connectivity index is 4.30. The standard InChI is InChI=1S/C12H22N2O/c1-6-8-9(7-2)14-11(15)10(13)12(3,4)5/h2,9-10H,6,8,13H2,1,3-5H3,(H,14,15)/t9?,10-/m1/s1. The number of nitrogens with two attached hydrogens (primary N) is 1. The first kappa shape index (κ1) is 14.0. The van der Waals surface area contributed by atoms with Gasteiger partial charge in [0.25, 0.3) is 0 Å². The van der Waals surface area contributed by atoms with E-state index in [2.05, 4.69) is 11.2 Å². The third kappa shape index (κ3) is 4.85. The second-order valence-electron chi connectivity index (χ2n) is 4.86. The first-order valence-electron chi connectivity index (χ1n) is 5.35. The van der Waals surface area contributed by atoms with Crippen LogP contribution in [0.15, 0.2) is 0 Å². The molecule has 3 nitrogen and oxygen atoms in total. The molecule has 0 fully saturated rings. The summed E-state index contributed by atoms with van der Waals surface area (Å²) >= 11 is 0. The van der Waals surface area contributed by atoms with Gasteiger partial charge in [-0.3, -0.25) is 4.79 Å². The molecule has 0 aliphatic heterocycles. The molecule has 0 aromatic carbocycles. The molecular formula is C12H22N2O. The number of nitrogens with one attached hydrogen (secondary N) is 1.